The number of benzene rings is 2. The number of hydrogen-bond acceptors (Lipinski definition) is 6. The number of hydrogen-bond donors (Lipinski definition) is 0. The number of halogens is 1. The van der Waals surface area contributed by atoms with Gasteiger partial charge >= 0.3 is 5.97 Å². The summed E-state index contributed by atoms with van der Waals surface area (Å²) >= 11 is 3.43. The van der Waals surface area contributed by atoms with Crippen LogP contribution in [-0.2, 0) is 16.1 Å². The van der Waals surface area contributed by atoms with E-state index in [1.807, 2.05) is 6.92 Å². The average molecular weight is 460 g/mol. The van der Waals surface area contributed by atoms with Crippen LogP contribution in [0.5, 0.6) is 11.5 Å². The van der Waals surface area contributed by atoms with E-state index in [2.05, 4.69) is 15.9 Å². The van der Waals surface area contributed by atoms with Crippen molar-refractivity contribution < 1.29 is 28.6 Å². The Morgan fingerprint density at radius 3 is 2.52 bits per heavy atom. The van der Waals surface area contributed by atoms with Crippen LogP contribution in [0.15, 0.2) is 34.8 Å². The van der Waals surface area contributed by atoms with Crippen molar-refractivity contribution in [2.75, 3.05) is 19.8 Å². The van der Waals surface area contributed by atoms with E-state index in [0.717, 1.165) is 20.5 Å². The molecule has 0 radical (unpaired) electrons. The Hall–Kier alpha value is -2.87. The van der Waals surface area contributed by atoms with Gasteiger partial charge in [0, 0.05) is 16.6 Å². The molecule has 0 saturated carbocycles. The van der Waals surface area contributed by atoms with Crippen molar-refractivity contribution in [1.29, 1.82) is 0 Å². The number of nitrogens with zero attached hydrogens (tertiary/aromatic N) is 1. The monoisotopic (exact) mass is 459 g/mol. The van der Waals surface area contributed by atoms with Gasteiger partial charge in [0.15, 0.2) is 11.5 Å². The largest absolute Gasteiger partial charge is 0.486 e. The van der Waals surface area contributed by atoms with E-state index in [-0.39, 0.29) is 31.4 Å². The predicted molar refractivity (Wildman–Crippen MR) is 106 cm³/mol. The van der Waals surface area contributed by atoms with Gasteiger partial charge in [-0.3, -0.25) is 19.3 Å². The average Bonchev–Trinajstić information content (AvgIpc) is 2.94. The maximum atomic E-state index is 12.5. The van der Waals surface area contributed by atoms with Crippen molar-refractivity contribution in [3.63, 3.8) is 0 Å². The molecule has 2 aliphatic heterocycles. The number of rotatable bonds is 5. The zero-order valence-electron chi connectivity index (χ0n) is 15.7. The first-order chi connectivity index (χ1) is 13.9. The summed E-state index contributed by atoms with van der Waals surface area (Å²) in [5.41, 5.74) is 2.38. The van der Waals surface area contributed by atoms with E-state index in [1.54, 1.807) is 30.3 Å². The highest BCUT2D eigenvalue weighted by Crippen LogP contribution is 2.35. The zero-order chi connectivity index (χ0) is 20.5. The minimum atomic E-state index is -0.500. The number of fused-ring (bicyclic) bond motifs is 2. The molecule has 2 heterocycles. The first-order valence-corrected chi connectivity index (χ1v) is 9.94. The summed E-state index contributed by atoms with van der Waals surface area (Å²) in [6.07, 6.45) is -0.0768. The molecular formula is C21H18BrNO6. The molecule has 4 rings (SSSR count). The van der Waals surface area contributed by atoms with Gasteiger partial charge in [0.25, 0.3) is 11.8 Å². The lowest BCUT2D eigenvalue weighted by Gasteiger charge is -2.20. The van der Waals surface area contributed by atoms with E-state index >= 15 is 0 Å². The number of ether oxygens (including phenoxy) is 3. The summed E-state index contributed by atoms with van der Waals surface area (Å²) in [5.74, 6) is -0.0196. The highest BCUT2D eigenvalue weighted by molar-refractivity contribution is 9.10. The van der Waals surface area contributed by atoms with Crippen LogP contribution in [-0.4, -0.2) is 42.4 Å². The van der Waals surface area contributed by atoms with Gasteiger partial charge in [-0.05, 0) is 31.2 Å². The van der Waals surface area contributed by atoms with Crippen LogP contribution in [0, 0.1) is 6.92 Å². The molecule has 0 bridgehead atoms. The van der Waals surface area contributed by atoms with Crippen LogP contribution in [0.3, 0.4) is 0 Å². The number of carbonyl (C=O) groups is 3. The first kappa shape index (κ1) is 19.4. The molecule has 29 heavy (non-hydrogen) atoms. The van der Waals surface area contributed by atoms with Gasteiger partial charge in [-0.1, -0.05) is 27.6 Å². The predicted octanol–water partition coefficient (Wildman–Crippen LogP) is 3.26. The minimum Gasteiger partial charge on any atom is -0.486 e. The number of imide groups is 1. The number of amides is 2. The summed E-state index contributed by atoms with van der Waals surface area (Å²) in [6, 6.07) is 8.65. The van der Waals surface area contributed by atoms with Crippen molar-refractivity contribution in [1.82, 2.24) is 4.90 Å². The van der Waals surface area contributed by atoms with Crippen LogP contribution in [0.25, 0.3) is 0 Å². The van der Waals surface area contributed by atoms with Crippen LogP contribution < -0.4 is 9.47 Å². The molecular weight excluding hydrogens is 442 g/mol. The fourth-order valence-corrected chi connectivity index (χ4v) is 3.69. The molecule has 0 saturated heterocycles. The standard InChI is InChI=1S/C21H18BrNO6/c1-12-2-3-14-15(8-12)21(26)23(20(14)25)5-4-19(24)29-11-13-9-17-18(10-16(13)22)28-7-6-27-17/h2-3,8-10H,4-7,11H2,1H3. The molecule has 2 amide bonds. The molecule has 0 N–H and O–H groups in total. The van der Waals surface area contributed by atoms with E-state index in [0.29, 0.717) is 35.8 Å². The molecule has 0 atom stereocenters. The quantitative estimate of drug-likeness (QED) is 0.504. The normalized spacial score (nSPS) is 14.8. The Bertz CT molecular complexity index is 1020. The van der Waals surface area contributed by atoms with Crippen LogP contribution in [0.4, 0.5) is 0 Å². The van der Waals surface area contributed by atoms with Gasteiger partial charge in [0.1, 0.15) is 19.8 Å². The van der Waals surface area contributed by atoms with Crippen LogP contribution in [0.1, 0.15) is 38.3 Å². The molecule has 7 nitrogen and oxygen atoms in total. The van der Waals surface area contributed by atoms with Crippen LogP contribution >= 0.6 is 15.9 Å². The summed E-state index contributed by atoms with van der Waals surface area (Å²) < 4.78 is 17.1. The summed E-state index contributed by atoms with van der Waals surface area (Å²) in [4.78, 5) is 38.1. The minimum absolute atomic E-state index is 0.0213. The molecule has 0 aliphatic carbocycles. The van der Waals surface area contributed by atoms with Crippen molar-refractivity contribution in [2.45, 2.75) is 20.0 Å². The summed E-state index contributed by atoms with van der Waals surface area (Å²) in [6.45, 7) is 2.83. The van der Waals surface area contributed by atoms with E-state index < -0.39 is 5.97 Å². The third kappa shape index (κ3) is 3.85. The summed E-state index contributed by atoms with van der Waals surface area (Å²) in [7, 11) is 0. The second-order valence-electron chi connectivity index (χ2n) is 6.81. The van der Waals surface area contributed by atoms with Crippen LogP contribution in [0.2, 0.25) is 0 Å². The smallest absolute Gasteiger partial charge is 0.307 e. The van der Waals surface area contributed by atoms with Gasteiger partial charge in [-0.15, -0.1) is 0 Å². The highest BCUT2D eigenvalue weighted by atomic mass is 79.9. The van der Waals surface area contributed by atoms with Gasteiger partial charge in [0.2, 0.25) is 0 Å². The lowest BCUT2D eigenvalue weighted by atomic mass is 10.1. The fraction of sp³-hybridized carbons (Fsp3) is 0.286. The van der Waals surface area contributed by atoms with Crippen molar-refractivity contribution in [2.24, 2.45) is 0 Å². The molecule has 150 valence electrons. The molecule has 0 spiro atoms. The number of aryl methyl sites for hydroxylation is 1. The maximum absolute atomic E-state index is 12.5. The molecule has 2 aromatic rings. The zero-order valence-corrected chi connectivity index (χ0v) is 17.3. The third-order valence-corrected chi connectivity index (χ3v) is 5.50. The second-order valence-corrected chi connectivity index (χ2v) is 7.66. The van der Waals surface area contributed by atoms with E-state index in [4.69, 9.17) is 14.2 Å². The number of carbonyl (C=O) groups excluding carboxylic acids is 3. The van der Waals surface area contributed by atoms with Crippen molar-refractivity contribution in [3.8, 4) is 11.5 Å². The third-order valence-electron chi connectivity index (χ3n) is 4.77. The highest BCUT2D eigenvalue weighted by Gasteiger charge is 2.35. The van der Waals surface area contributed by atoms with Gasteiger partial charge in [-0.25, -0.2) is 0 Å². The van der Waals surface area contributed by atoms with Gasteiger partial charge in [-0.2, -0.15) is 0 Å². The Balaban J connectivity index is 1.34. The number of esters is 1. The molecule has 0 fully saturated rings. The van der Waals surface area contributed by atoms with Gasteiger partial charge < -0.3 is 14.2 Å². The Labute approximate surface area is 175 Å². The second kappa shape index (κ2) is 7.87. The Morgan fingerprint density at radius 2 is 1.76 bits per heavy atom. The first-order valence-electron chi connectivity index (χ1n) is 9.14. The maximum Gasteiger partial charge on any atom is 0.307 e. The molecule has 0 unspecified atom stereocenters. The topological polar surface area (TPSA) is 82.1 Å². The molecule has 0 aromatic heterocycles. The van der Waals surface area contributed by atoms with Crippen molar-refractivity contribution in [3.05, 3.63) is 57.1 Å². The summed E-state index contributed by atoms with van der Waals surface area (Å²) in [5, 5.41) is 0. The molecule has 8 heteroatoms. The van der Waals surface area contributed by atoms with E-state index in [1.165, 1.54) is 0 Å². The molecule has 2 aliphatic rings. The fourth-order valence-electron chi connectivity index (χ4n) is 3.26. The Morgan fingerprint density at radius 1 is 1.07 bits per heavy atom. The van der Waals surface area contributed by atoms with Gasteiger partial charge in [0.05, 0.1) is 17.5 Å². The van der Waals surface area contributed by atoms with E-state index in [9.17, 15) is 14.4 Å². The lowest BCUT2D eigenvalue weighted by Crippen LogP contribution is -2.32. The Kier molecular flexibility index (Phi) is 5.27. The molecule has 2 aromatic carbocycles. The lowest BCUT2D eigenvalue weighted by molar-refractivity contribution is -0.145. The van der Waals surface area contributed by atoms with Crippen molar-refractivity contribution >= 4 is 33.7 Å². The SMILES string of the molecule is Cc1ccc2c(c1)C(=O)N(CCC(=O)OCc1cc3c(cc1Br)OCCO3)C2=O.